The van der Waals surface area contributed by atoms with Crippen molar-refractivity contribution in [2.24, 2.45) is 0 Å². The normalized spacial score (nSPS) is 12.3. The first-order valence-corrected chi connectivity index (χ1v) is 10.0. The predicted molar refractivity (Wildman–Crippen MR) is 114 cm³/mol. The van der Waals surface area contributed by atoms with Gasteiger partial charge in [0.1, 0.15) is 12.3 Å². The zero-order valence-electron chi connectivity index (χ0n) is 16.9. The van der Waals surface area contributed by atoms with Gasteiger partial charge in [0.25, 0.3) is 0 Å². The van der Waals surface area contributed by atoms with E-state index in [0.717, 1.165) is 34.5 Å². The third-order valence-electron chi connectivity index (χ3n) is 5.15. The number of nitrogens with zero attached hydrogens (tertiary/aromatic N) is 1. The van der Waals surface area contributed by atoms with Crippen molar-refractivity contribution in [2.45, 2.75) is 18.5 Å². The molecule has 0 bridgehead atoms. The van der Waals surface area contributed by atoms with E-state index in [0.29, 0.717) is 0 Å². The Morgan fingerprint density at radius 1 is 1.03 bits per heavy atom. The fraction of sp³-hybridized carbons (Fsp3) is 0.200. The third kappa shape index (κ3) is 4.75. The fourth-order valence-electron chi connectivity index (χ4n) is 3.70. The van der Waals surface area contributed by atoms with Gasteiger partial charge in [0.15, 0.2) is 0 Å². The summed E-state index contributed by atoms with van der Waals surface area (Å²) < 4.78 is 43.5. The molecule has 3 aromatic rings. The lowest BCUT2D eigenvalue weighted by Crippen LogP contribution is -2.26. The Kier molecular flexibility index (Phi) is 6.13. The average Bonchev–Trinajstić information content (AvgIpc) is 3.11. The van der Waals surface area contributed by atoms with Crippen molar-refractivity contribution in [3.8, 4) is 23.0 Å². The maximum absolute atomic E-state index is 12.7. The van der Waals surface area contributed by atoms with E-state index in [-0.39, 0.29) is 31.1 Å². The molecule has 1 aliphatic rings. The highest BCUT2D eigenvalue weighted by Gasteiger charge is 2.32. The molecule has 1 heterocycles. The third-order valence-corrected chi connectivity index (χ3v) is 5.15. The molecular formula is C25H19F3N2O2. The minimum Gasteiger partial charge on any atom is -0.449 e. The van der Waals surface area contributed by atoms with E-state index in [9.17, 15) is 18.0 Å². The molecule has 1 amide bonds. The second-order valence-corrected chi connectivity index (χ2v) is 7.23. The van der Waals surface area contributed by atoms with Crippen molar-refractivity contribution in [1.29, 1.82) is 0 Å². The Morgan fingerprint density at radius 3 is 2.34 bits per heavy atom. The van der Waals surface area contributed by atoms with Crippen molar-refractivity contribution in [3.63, 3.8) is 0 Å². The van der Waals surface area contributed by atoms with Crippen LogP contribution in [0.1, 0.15) is 34.7 Å². The summed E-state index contributed by atoms with van der Waals surface area (Å²) >= 11 is 0. The van der Waals surface area contributed by atoms with Gasteiger partial charge in [-0.1, -0.05) is 60.4 Å². The van der Waals surface area contributed by atoms with E-state index in [2.05, 4.69) is 34.3 Å². The van der Waals surface area contributed by atoms with E-state index in [4.69, 9.17) is 4.74 Å². The van der Waals surface area contributed by atoms with Gasteiger partial charge in [-0.05, 0) is 34.4 Å². The first-order valence-electron chi connectivity index (χ1n) is 10.0. The molecule has 0 fully saturated rings. The molecule has 0 saturated heterocycles. The molecule has 1 N–H and O–H groups in total. The summed E-state index contributed by atoms with van der Waals surface area (Å²) in [6, 6.07) is 18.4. The number of alkyl carbamates (subject to hydrolysis) is 1. The number of carbonyl (C=O) groups excluding carboxylic acids is 1. The Balaban J connectivity index is 1.28. The van der Waals surface area contributed by atoms with Gasteiger partial charge in [-0.25, -0.2) is 4.79 Å². The standard InChI is InChI=1S/C25H19F3N2O2/c26-25(27,28)23-15-17(12-14-29-23)7-5-6-13-30-24(31)32-16-22-20-10-3-1-8-18(20)19-9-2-4-11-21(19)22/h1-4,8-12,14-15,22H,6,13,16H2,(H,30,31). The van der Waals surface area contributed by atoms with E-state index in [1.807, 2.05) is 36.4 Å². The van der Waals surface area contributed by atoms with E-state index in [1.165, 1.54) is 6.07 Å². The number of nitrogens with one attached hydrogen (secondary N) is 1. The van der Waals surface area contributed by atoms with E-state index in [1.54, 1.807) is 0 Å². The Morgan fingerprint density at radius 2 is 1.69 bits per heavy atom. The zero-order valence-corrected chi connectivity index (χ0v) is 16.9. The average molecular weight is 436 g/mol. The van der Waals surface area contributed by atoms with Crippen LogP contribution in [0.4, 0.5) is 18.0 Å². The lowest BCUT2D eigenvalue weighted by molar-refractivity contribution is -0.141. The van der Waals surface area contributed by atoms with E-state index >= 15 is 0 Å². The molecule has 0 aliphatic heterocycles. The van der Waals surface area contributed by atoms with Gasteiger partial charge in [0.05, 0.1) is 0 Å². The molecule has 0 spiro atoms. The van der Waals surface area contributed by atoms with Gasteiger partial charge >= 0.3 is 12.3 Å². The minimum atomic E-state index is -4.51. The van der Waals surface area contributed by atoms with Crippen LogP contribution in [0.25, 0.3) is 11.1 Å². The van der Waals surface area contributed by atoms with Crippen LogP contribution in [0.2, 0.25) is 0 Å². The van der Waals surface area contributed by atoms with Gasteiger partial charge in [-0.2, -0.15) is 13.2 Å². The second-order valence-electron chi connectivity index (χ2n) is 7.23. The first-order chi connectivity index (χ1) is 15.4. The number of rotatable bonds is 4. The highest BCUT2D eigenvalue weighted by Crippen LogP contribution is 2.44. The first kappa shape index (κ1) is 21.4. The topological polar surface area (TPSA) is 51.2 Å². The van der Waals surface area contributed by atoms with Gasteiger partial charge < -0.3 is 10.1 Å². The van der Waals surface area contributed by atoms with Crippen LogP contribution in [0.15, 0.2) is 66.9 Å². The maximum Gasteiger partial charge on any atom is 0.433 e. The van der Waals surface area contributed by atoms with Crippen LogP contribution in [-0.4, -0.2) is 24.2 Å². The van der Waals surface area contributed by atoms with E-state index < -0.39 is 18.0 Å². The predicted octanol–water partition coefficient (Wildman–Crippen LogP) is 5.38. The smallest absolute Gasteiger partial charge is 0.433 e. The number of benzene rings is 2. The van der Waals surface area contributed by atoms with Crippen LogP contribution < -0.4 is 5.32 Å². The van der Waals surface area contributed by atoms with Crippen LogP contribution >= 0.6 is 0 Å². The van der Waals surface area contributed by atoms with Gasteiger partial charge in [0.2, 0.25) is 0 Å². The summed E-state index contributed by atoms with van der Waals surface area (Å²) in [5.41, 5.74) is 3.79. The number of fused-ring (bicyclic) bond motifs is 3. The number of halogens is 3. The van der Waals surface area contributed by atoms with Crippen LogP contribution in [0.3, 0.4) is 0 Å². The van der Waals surface area contributed by atoms with Gasteiger partial charge in [-0.3, -0.25) is 4.98 Å². The van der Waals surface area contributed by atoms with Crippen molar-refractivity contribution < 1.29 is 22.7 Å². The Hall–Kier alpha value is -3.79. The molecule has 162 valence electrons. The molecule has 1 aliphatic carbocycles. The number of hydrogen-bond acceptors (Lipinski definition) is 3. The second kappa shape index (κ2) is 9.15. The Bertz CT molecular complexity index is 1150. The van der Waals surface area contributed by atoms with Crippen molar-refractivity contribution >= 4 is 6.09 Å². The summed E-state index contributed by atoms with van der Waals surface area (Å²) in [4.78, 5) is 15.4. The van der Waals surface area contributed by atoms with Gasteiger partial charge in [0, 0.05) is 30.6 Å². The molecule has 0 atom stereocenters. The summed E-state index contributed by atoms with van der Waals surface area (Å²) in [5, 5.41) is 2.62. The molecule has 7 heteroatoms. The number of carbonyl (C=O) groups is 1. The number of aromatic nitrogens is 1. The summed E-state index contributed by atoms with van der Waals surface area (Å²) in [5.74, 6) is 5.37. The number of pyridine rings is 1. The highest BCUT2D eigenvalue weighted by atomic mass is 19.4. The molecule has 0 radical (unpaired) electrons. The lowest BCUT2D eigenvalue weighted by Gasteiger charge is -2.14. The number of amides is 1. The fourth-order valence-corrected chi connectivity index (χ4v) is 3.70. The zero-order chi connectivity index (χ0) is 22.6. The monoisotopic (exact) mass is 436 g/mol. The molecule has 4 rings (SSSR count). The number of ether oxygens (including phenoxy) is 1. The van der Waals surface area contributed by atoms with Crippen molar-refractivity contribution in [3.05, 3.63) is 89.2 Å². The molecule has 0 unspecified atom stereocenters. The van der Waals surface area contributed by atoms with Crippen molar-refractivity contribution in [1.82, 2.24) is 10.3 Å². The summed E-state index contributed by atoms with van der Waals surface area (Å²) in [6.07, 6.45) is -3.73. The molecule has 4 nitrogen and oxygen atoms in total. The highest BCUT2D eigenvalue weighted by molar-refractivity contribution is 5.79. The number of hydrogen-bond donors (Lipinski definition) is 1. The van der Waals surface area contributed by atoms with Crippen molar-refractivity contribution in [2.75, 3.05) is 13.2 Å². The summed E-state index contributed by atoms with van der Waals surface area (Å²) in [6.45, 7) is 0.434. The van der Waals surface area contributed by atoms with Gasteiger partial charge in [-0.15, -0.1) is 0 Å². The molecule has 0 saturated carbocycles. The molecule has 2 aromatic carbocycles. The largest absolute Gasteiger partial charge is 0.449 e. The SMILES string of the molecule is O=C(NCCC#Cc1ccnc(C(F)(F)F)c1)OCC1c2ccccc2-c2ccccc21. The molecular weight excluding hydrogens is 417 g/mol. The molecule has 32 heavy (non-hydrogen) atoms. The molecule has 1 aromatic heterocycles. The Labute approximate surface area is 183 Å². The summed E-state index contributed by atoms with van der Waals surface area (Å²) in [7, 11) is 0. The lowest BCUT2D eigenvalue weighted by atomic mass is 9.98. The maximum atomic E-state index is 12.7. The quantitative estimate of drug-likeness (QED) is 0.441. The minimum absolute atomic E-state index is 0.0255. The van der Waals surface area contributed by atoms with Crippen LogP contribution in [0.5, 0.6) is 0 Å². The van der Waals surface area contributed by atoms with Crippen LogP contribution in [-0.2, 0) is 10.9 Å². The number of alkyl halides is 3. The van der Waals surface area contributed by atoms with Crippen LogP contribution in [0, 0.1) is 11.8 Å².